The van der Waals surface area contributed by atoms with Crippen LogP contribution in [-0.4, -0.2) is 15.0 Å². The molecule has 0 saturated carbocycles. The Kier molecular flexibility index (Phi) is 7.14. The maximum Gasteiger partial charge on any atom is 0.162 e. The van der Waals surface area contributed by atoms with Crippen molar-refractivity contribution in [2.45, 2.75) is 0 Å². The second-order valence-corrected chi connectivity index (χ2v) is 14.0. The SMILES string of the molecule is c1ccc(-c2ccc(-c3cccc4nc(-c5ccc(-c6ccc7ccc8ccc(-c9ccccc9)nc8c7n6)cc5)c5oc6ccccc6c5c34)cc2)cc1. The highest BCUT2D eigenvalue weighted by Gasteiger charge is 2.20. The van der Waals surface area contributed by atoms with Gasteiger partial charge in [0.25, 0.3) is 0 Å². The minimum absolute atomic E-state index is 0.783. The first-order valence-electron chi connectivity index (χ1n) is 18.5. The smallest absolute Gasteiger partial charge is 0.162 e. The molecule has 11 rings (SSSR count). The fourth-order valence-electron chi connectivity index (χ4n) is 7.93. The van der Waals surface area contributed by atoms with Gasteiger partial charge in [-0.2, -0.15) is 0 Å². The minimum atomic E-state index is 0.783. The zero-order valence-corrected chi connectivity index (χ0v) is 29.6. The van der Waals surface area contributed by atoms with Crippen LogP contribution in [0.25, 0.3) is 111 Å². The third kappa shape index (κ3) is 5.26. The summed E-state index contributed by atoms with van der Waals surface area (Å²) < 4.78 is 6.68. The normalized spacial score (nSPS) is 11.6. The fourth-order valence-corrected chi connectivity index (χ4v) is 7.93. The maximum absolute atomic E-state index is 6.68. The Hall–Kier alpha value is -7.43. The molecule has 0 amide bonds. The molecule has 256 valence electrons. The van der Waals surface area contributed by atoms with Crippen LogP contribution in [0.5, 0.6) is 0 Å². The van der Waals surface area contributed by atoms with E-state index in [2.05, 4.69) is 152 Å². The van der Waals surface area contributed by atoms with Gasteiger partial charge in [-0.05, 0) is 46.5 Å². The van der Waals surface area contributed by atoms with Crippen molar-refractivity contribution >= 4 is 54.6 Å². The molecule has 55 heavy (non-hydrogen) atoms. The molecule has 4 heterocycles. The molecule has 0 atom stereocenters. The van der Waals surface area contributed by atoms with Crippen LogP contribution in [0.3, 0.4) is 0 Å². The van der Waals surface area contributed by atoms with Crippen molar-refractivity contribution in [1.82, 2.24) is 15.0 Å². The van der Waals surface area contributed by atoms with Crippen molar-refractivity contribution in [1.29, 1.82) is 0 Å². The number of hydrogen-bond acceptors (Lipinski definition) is 4. The molecule has 0 bridgehead atoms. The van der Waals surface area contributed by atoms with Crippen LogP contribution in [0, 0.1) is 0 Å². The Balaban J connectivity index is 1.02. The van der Waals surface area contributed by atoms with Gasteiger partial charge < -0.3 is 4.42 Å². The monoisotopic (exact) mass is 701 g/mol. The van der Waals surface area contributed by atoms with Crippen LogP contribution >= 0.6 is 0 Å². The third-order valence-corrected chi connectivity index (χ3v) is 10.7. The predicted octanol–water partition coefficient (Wildman–Crippen LogP) is 13.6. The lowest BCUT2D eigenvalue weighted by molar-refractivity contribution is 0.669. The second-order valence-electron chi connectivity index (χ2n) is 14.0. The summed E-state index contributed by atoms with van der Waals surface area (Å²) in [5.74, 6) is 0. The highest BCUT2D eigenvalue weighted by atomic mass is 16.3. The summed E-state index contributed by atoms with van der Waals surface area (Å²) in [6.07, 6.45) is 0. The fraction of sp³-hybridized carbons (Fsp3) is 0. The quantitative estimate of drug-likeness (QED) is 0.168. The van der Waals surface area contributed by atoms with Gasteiger partial charge in [0.2, 0.25) is 0 Å². The number of benzene rings is 7. The van der Waals surface area contributed by atoms with Gasteiger partial charge in [-0.3, -0.25) is 0 Å². The molecule has 0 aliphatic rings. The summed E-state index contributed by atoms with van der Waals surface area (Å²) in [5.41, 5.74) is 14.7. The van der Waals surface area contributed by atoms with Crippen LogP contribution in [0.2, 0.25) is 0 Å². The topological polar surface area (TPSA) is 51.8 Å². The van der Waals surface area contributed by atoms with Crippen molar-refractivity contribution in [3.8, 4) is 56.0 Å². The second kappa shape index (κ2) is 12.6. The van der Waals surface area contributed by atoms with E-state index >= 15 is 0 Å². The molecule has 0 N–H and O–H groups in total. The number of nitrogens with zero attached hydrogens (tertiary/aromatic N) is 3. The summed E-state index contributed by atoms with van der Waals surface area (Å²) in [7, 11) is 0. The molecular weight excluding hydrogens is 671 g/mol. The van der Waals surface area contributed by atoms with E-state index in [0.717, 1.165) is 99.5 Å². The number of furan rings is 1. The van der Waals surface area contributed by atoms with Crippen molar-refractivity contribution in [3.63, 3.8) is 0 Å². The summed E-state index contributed by atoms with van der Waals surface area (Å²) in [6, 6.07) is 65.5. The van der Waals surface area contributed by atoms with Crippen molar-refractivity contribution in [3.05, 3.63) is 188 Å². The molecule has 7 aromatic carbocycles. The summed E-state index contributed by atoms with van der Waals surface area (Å²) in [5, 5.41) is 5.37. The summed E-state index contributed by atoms with van der Waals surface area (Å²) >= 11 is 0. The van der Waals surface area contributed by atoms with Gasteiger partial charge >= 0.3 is 0 Å². The van der Waals surface area contributed by atoms with Crippen molar-refractivity contribution in [2.75, 3.05) is 0 Å². The first-order valence-corrected chi connectivity index (χ1v) is 18.5. The molecule has 11 aromatic rings. The Morgan fingerprint density at radius 1 is 0.345 bits per heavy atom. The van der Waals surface area contributed by atoms with E-state index in [4.69, 9.17) is 19.4 Å². The van der Waals surface area contributed by atoms with Gasteiger partial charge in [0.05, 0.1) is 27.9 Å². The highest BCUT2D eigenvalue weighted by Crippen LogP contribution is 2.43. The molecule has 4 heteroatoms. The molecule has 0 radical (unpaired) electrons. The van der Waals surface area contributed by atoms with Gasteiger partial charge in [-0.25, -0.2) is 15.0 Å². The van der Waals surface area contributed by atoms with Crippen molar-refractivity contribution in [2.24, 2.45) is 0 Å². The largest absolute Gasteiger partial charge is 0.454 e. The molecule has 0 unspecified atom stereocenters. The van der Waals surface area contributed by atoms with Gasteiger partial charge in [0.1, 0.15) is 11.3 Å². The molecule has 0 saturated heterocycles. The van der Waals surface area contributed by atoms with E-state index in [0.29, 0.717) is 0 Å². The lowest BCUT2D eigenvalue weighted by Crippen LogP contribution is -1.92. The summed E-state index contributed by atoms with van der Waals surface area (Å²) in [6.45, 7) is 0. The van der Waals surface area contributed by atoms with E-state index < -0.39 is 0 Å². The van der Waals surface area contributed by atoms with Crippen LogP contribution in [0.4, 0.5) is 0 Å². The molecule has 4 nitrogen and oxygen atoms in total. The Morgan fingerprint density at radius 3 is 1.56 bits per heavy atom. The minimum Gasteiger partial charge on any atom is -0.454 e. The van der Waals surface area contributed by atoms with Crippen LogP contribution < -0.4 is 0 Å². The number of rotatable bonds is 5. The predicted molar refractivity (Wildman–Crippen MR) is 227 cm³/mol. The number of fused-ring (bicyclic) bond motifs is 8. The highest BCUT2D eigenvalue weighted by molar-refractivity contribution is 6.24. The number of aromatic nitrogens is 3. The van der Waals surface area contributed by atoms with E-state index in [1.54, 1.807) is 0 Å². The summed E-state index contributed by atoms with van der Waals surface area (Å²) in [4.78, 5) is 15.6. The first-order chi connectivity index (χ1) is 27.2. The number of hydrogen-bond donors (Lipinski definition) is 0. The molecule has 0 fully saturated rings. The molecule has 0 spiro atoms. The van der Waals surface area contributed by atoms with E-state index in [1.807, 2.05) is 36.4 Å². The van der Waals surface area contributed by atoms with Gasteiger partial charge in [0, 0.05) is 43.6 Å². The average molecular weight is 702 g/mol. The average Bonchev–Trinajstić information content (AvgIpc) is 3.66. The van der Waals surface area contributed by atoms with Gasteiger partial charge in [0.15, 0.2) is 5.58 Å². The molecule has 0 aliphatic heterocycles. The van der Waals surface area contributed by atoms with Crippen molar-refractivity contribution < 1.29 is 4.42 Å². The van der Waals surface area contributed by atoms with Gasteiger partial charge in [-0.1, -0.05) is 164 Å². The third-order valence-electron chi connectivity index (χ3n) is 10.7. The molecule has 0 aliphatic carbocycles. The lowest BCUT2D eigenvalue weighted by atomic mass is 9.94. The Morgan fingerprint density at radius 2 is 0.873 bits per heavy atom. The van der Waals surface area contributed by atoms with Crippen LogP contribution in [0.15, 0.2) is 192 Å². The molecule has 4 aromatic heterocycles. The maximum atomic E-state index is 6.68. The molecular formula is C51H31N3O. The van der Waals surface area contributed by atoms with E-state index in [-0.39, 0.29) is 0 Å². The van der Waals surface area contributed by atoms with Crippen LogP contribution in [-0.2, 0) is 0 Å². The van der Waals surface area contributed by atoms with Crippen LogP contribution in [0.1, 0.15) is 0 Å². The Labute approximate surface area is 317 Å². The van der Waals surface area contributed by atoms with Gasteiger partial charge in [-0.15, -0.1) is 0 Å². The Bertz CT molecular complexity index is 3220. The zero-order valence-electron chi connectivity index (χ0n) is 29.6. The number of pyridine rings is 3. The van der Waals surface area contributed by atoms with E-state index in [9.17, 15) is 0 Å². The first kappa shape index (κ1) is 31.1. The number of para-hydroxylation sites is 1. The zero-order chi connectivity index (χ0) is 36.3. The lowest BCUT2D eigenvalue weighted by Gasteiger charge is -2.12. The standard InChI is InChI=1S/C51H31N3O/c1-3-10-32(11-4-1)33-18-20-34(21-19-33)40-15-9-16-44-46(40)47-41-14-7-8-17-45(41)55-51(47)50(54-44)39-24-22-36(23-25-39)43-31-29-38-27-26-37-28-30-42(35-12-5-2-6-13-35)52-48(37)49(38)53-43/h1-31H. The van der Waals surface area contributed by atoms with E-state index in [1.165, 1.54) is 11.1 Å².